The Balaban J connectivity index is 2.36. The molecule has 0 amide bonds. The molecule has 0 aromatic heterocycles. The van der Waals surface area contributed by atoms with Crippen LogP contribution in [0.15, 0.2) is 18.2 Å². The summed E-state index contributed by atoms with van der Waals surface area (Å²) in [6, 6.07) is 4.30. The van der Waals surface area contributed by atoms with Gasteiger partial charge in [-0.15, -0.1) is 0 Å². The van der Waals surface area contributed by atoms with Crippen molar-refractivity contribution >= 4 is 11.6 Å². The summed E-state index contributed by atoms with van der Waals surface area (Å²) < 4.78 is 12.8. The maximum Gasteiger partial charge on any atom is 0.141 e. The lowest BCUT2D eigenvalue weighted by atomic mass is 9.88. The van der Waals surface area contributed by atoms with Crippen LogP contribution in [0.1, 0.15) is 5.56 Å². The standard InChI is InChI=1S/C9H9ClFNO/c10-7-3-6(1-2-8(7)11)9(13)4-12-5-9/h1-3,12-13H,4-5H2. The second kappa shape index (κ2) is 2.94. The number of hydrogen-bond donors (Lipinski definition) is 2. The van der Waals surface area contributed by atoms with Crippen molar-refractivity contribution in [3.8, 4) is 0 Å². The van der Waals surface area contributed by atoms with E-state index in [4.69, 9.17) is 11.6 Å². The fourth-order valence-electron chi connectivity index (χ4n) is 1.35. The molecule has 0 saturated carbocycles. The van der Waals surface area contributed by atoms with E-state index in [9.17, 15) is 9.50 Å². The number of benzene rings is 1. The first-order valence-electron chi connectivity index (χ1n) is 4.00. The Labute approximate surface area is 80.3 Å². The smallest absolute Gasteiger partial charge is 0.141 e. The molecule has 2 N–H and O–H groups in total. The van der Waals surface area contributed by atoms with Crippen LogP contribution in [0.5, 0.6) is 0 Å². The third kappa shape index (κ3) is 1.43. The minimum Gasteiger partial charge on any atom is -0.382 e. The summed E-state index contributed by atoms with van der Waals surface area (Å²) in [4.78, 5) is 0. The number of rotatable bonds is 1. The zero-order valence-corrected chi connectivity index (χ0v) is 7.61. The molecule has 1 aromatic carbocycles. The second-order valence-corrected chi connectivity index (χ2v) is 3.67. The van der Waals surface area contributed by atoms with Gasteiger partial charge in [0.05, 0.1) is 5.02 Å². The van der Waals surface area contributed by atoms with E-state index in [1.807, 2.05) is 0 Å². The minimum absolute atomic E-state index is 0.0535. The molecular weight excluding hydrogens is 193 g/mol. The maximum absolute atomic E-state index is 12.8. The lowest BCUT2D eigenvalue weighted by Crippen LogP contribution is -2.56. The highest BCUT2D eigenvalue weighted by atomic mass is 35.5. The van der Waals surface area contributed by atoms with Crippen molar-refractivity contribution in [2.24, 2.45) is 0 Å². The molecule has 1 aliphatic rings. The van der Waals surface area contributed by atoms with E-state index in [1.165, 1.54) is 12.1 Å². The number of nitrogens with one attached hydrogen (secondary N) is 1. The molecule has 0 radical (unpaired) electrons. The number of β-amino-alcohol motifs (C(OH)–C–C–N with tert-alkyl or cyclic N) is 1. The molecule has 2 rings (SSSR count). The van der Waals surface area contributed by atoms with Crippen molar-refractivity contribution in [1.29, 1.82) is 0 Å². The van der Waals surface area contributed by atoms with Gasteiger partial charge in [0.25, 0.3) is 0 Å². The first kappa shape index (κ1) is 8.94. The zero-order valence-electron chi connectivity index (χ0n) is 6.85. The number of aliphatic hydroxyl groups is 1. The van der Waals surface area contributed by atoms with Gasteiger partial charge >= 0.3 is 0 Å². The van der Waals surface area contributed by atoms with Crippen molar-refractivity contribution in [2.75, 3.05) is 13.1 Å². The molecular formula is C9H9ClFNO. The van der Waals surface area contributed by atoms with Gasteiger partial charge in [0.1, 0.15) is 11.4 Å². The maximum atomic E-state index is 12.8. The summed E-state index contributed by atoms with van der Waals surface area (Å²) in [5, 5.41) is 12.9. The van der Waals surface area contributed by atoms with Crippen LogP contribution < -0.4 is 5.32 Å². The average molecular weight is 202 g/mol. The normalized spacial score (nSPS) is 19.6. The van der Waals surface area contributed by atoms with Gasteiger partial charge in [-0.3, -0.25) is 0 Å². The molecule has 0 unspecified atom stereocenters. The Morgan fingerprint density at radius 3 is 2.62 bits per heavy atom. The van der Waals surface area contributed by atoms with E-state index in [2.05, 4.69) is 5.32 Å². The van der Waals surface area contributed by atoms with Gasteiger partial charge in [-0.2, -0.15) is 0 Å². The van der Waals surface area contributed by atoms with Crippen LogP contribution in [-0.2, 0) is 5.60 Å². The third-order valence-corrected chi connectivity index (χ3v) is 2.58. The summed E-state index contributed by atoms with van der Waals surface area (Å²) in [6.45, 7) is 0.990. The van der Waals surface area contributed by atoms with E-state index in [1.54, 1.807) is 6.07 Å². The highest BCUT2D eigenvalue weighted by Crippen LogP contribution is 2.28. The molecule has 1 aromatic rings. The van der Waals surface area contributed by atoms with Gasteiger partial charge in [-0.05, 0) is 17.7 Å². The molecule has 70 valence electrons. The van der Waals surface area contributed by atoms with Gasteiger partial charge in [0.15, 0.2) is 0 Å². The van der Waals surface area contributed by atoms with Crippen LogP contribution in [0, 0.1) is 5.82 Å². The SMILES string of the molecule is OC1(c2ccc(F)c(Cl)c2)CNC1. The van der Waals surface area contributed by atoms with Crippen molar-refractivity contribution in [3.63, 3.8) is 0 Å². The van der Waals surface area contributed by atoms with Crippen LogP contribution in [0.25, 0.3) is 0 Å². The second-order valence-electron chi connectivity index (χ2n) is 3.26. The molecule has 1 heterocycles. The lowest BCUT2D eigenvalue weighted by Gasteiger charge is -2.38. The summed E-state index contributed by atoms with van der Waals surface area (Å²) in [7, 11) is 0. The number of hydrogen-bond acceptors (Lipinski definition) is 2. The summed E-state index contributed by atoms with van der Waals surface area (Å²) >= 11 is 5.59. The molecule has 0 aliphatic carbocycles. The molecule has 0 bridgehead atoms. The van der Waals surface area contributed by atoms with Crippen molar-refractivity contribution in [3.05, 3.63) is 34.6 Å². The van der Waals surface area contributed by atoms with Gasteiger partial charge < -0.3 is 10.4 Å². The molecule has 0 atom stereocenters. The quantitative estimate of drug-likeness (QED) is 0.717. The van der Waals surface area contributed by atoms with Crippen LogP contribution >= 0.6 is 11.6 Å². The molecule has 0 spiro atoms. The molecule has 1 saturated heterocycles. The molecule has 4 heteroatoms. The Morgan fingerprint density at radius 2 is 2.15 bits per heavy atom. The number of halogens is 2. The highest BCUT2D eigenvalue weighted by Gasteiger charge is 2.36. The Kier molecular flexibility index (Phi) is 2.02. The van der Waals surface area contributed by atoms with Crippen LogP contribution in [-0.4, -0.2) is 18.2 Å². The van der Waals surface area contributed by atoms with Gasteiger partial charge in [-0.1, -0.05) is 17.7 Å². The summed E-state index contributed by atoms with van der Waals surface area (Å²) in [5.74, 6) is -0.457. The molecule has 1 fully saturated rings. The third-order valence-electron chi connectivity index (χ3n) is 2.29. The highest BCUT2D eigenvalue weighted by molar-refractivity contribution is 6.30. The van der Waals surface area contributed by atoms with E-state index in [-0.39, 0.29) is 5.02 Å². The van der Waals surface area contributed by atoms with Crippen molar-refractivity contribution in [2.45, 2.75) is 5.60 Å². The summed E-state index contributed by atoms with van der Waals surface area (Å²) in [6.07, 6.45) is 0. The van der Waals surface area contributed by atoms with E-state index >= 15 is 0 Å². The first-order valence-corrected chi connectivity index (χ1v) is 4.38. The predicted molar refractivity (Wildman–Crippen MR) is 48.2 cm³/mol. The fraction of sp³-hybridized carbons (Fsp3) is 0.333. The molecule has 13 heavy (non-hydrogen) atoms. The van der Waals surface area contributed by atoms with Gasteiger partial charge in [0, 0.05) is 13.1 Å². The predicted octanol–water partition coefficient (Wildman–Crippen LogP) is 1.27. The van der Waals surface area contributed by atoms with Crippen molar-refractivity contribution < 1.29 is 9.50 Å². The average Bonchev–Trinajstić information content (AvgIpc) is 2.06. The first-order chi connectivity index (χ1) is 6.12. The van der Waals surface area contributed by atoms with Crippen molar-refractivity contribution in [1.82, 2.24) is 5.32 Å². The van der Waals surface area contributed by atoms with Crippen LogP contribution in [0.3, 0.4) is 0 Å². The Bertz CT molecular complexity index is 338. The van der Waals surface area contributed by atoms with E-state index < -0.39 is 11.4 Å². The summed E-state index contributed by atoms with van der Waals surface area (Å²) in [5.41, 5.74) is -0.199. The monoisotopic (exact) mass is 201 g/mol. The van der Waals surface area contributed by atoms with Crippen LogP contribution in [0.4, 0.5) is 4.39 Å². The lowest BCUT2D eigenvalue weighted by molar-refractivity contribution is -0.0147. The minimum atomic E-state index is -0.864. The van der Waals surface area contributed by atoms with Gasteiger partial charge in [-0.25, -0.2) is 4.39 Å². The molecule has 2 nitrogen and oxygen atoms in total. The Hall–Kier alpha value is -0.640. The van der Waals surface area contributed by atoms with E-state index in [0.717, 1.165) is 0 Å². The fourth-order valence-corrected chi connectivity index (χ4v) is 1.53. The largest absolute Gasteiger partial charge is 0.382 e. The van der Waals surface area contributed by atoms with E-state index in [0.29, 0.717) is 18.7 Å². The van der Waals surface area contributed by atoms with Gasteiger partial charge in [0.2, 0.25) is 0 Å². The van der Waals surface area contributed by atoms with Crippen LogP contribution in [0.2, 0.25) is 5.02 Å². The zero-order chi connectivity index (χ0) is 9.47. The molecule has 1 aliphatic heterocycles. The topological polar surface area (TPSA) is 32.3 Å². The Morgan fingerprint density at radius 1 is 1.46 bits per heavy atom.